The number of carboxylic acid groups (broad SMARTS) is 1. The molecule has 1 atom stereocenters. The molecule has 0 radical (unpaired) electrons. The molecule has 4 rings (SSSR count). The number of fused-ring (bicyclic) bond motifs is 3. The number of carboxylic acids is 1. The minimum Gasteiger partial charge on any atom is -0.478 e. The van der Waals surface area contributed by atoms with Gasteiger partial charge in [-0.1, -0.05) is 55.5 Å². The fraction of sp³-hybridized carbons (Fsp3) is 0.250. The third-order valence-electron chi connectivity index (χ3n) is 6.51. The molecule has 35 heavy (non-hydrogen) atoms. The van der Waals surface area contributed by atoms with Gasteiger partial charge in [-0.25, -0.2) is 9.59 Å². The number of aryl methyl sites for hydroxylation is 1. The molecule has 0 fully saturated rings. The molecule has 0 aliphatic heterocycles. The highest BCUT2D eigenvalue weighted by Crippen LogP contribution is 2.44. The summed E-state index contributed by atoms with van der Waals surface area (Å²) in [4.78, 5) is 36.4. The Kier molecular flexibility index (Phi) is 6.87. The predicted molar refractivity (Wildman–Crippen MR) is 134 cm³/mol. The molecule has 3 N–H and O–H groups in total. The molecule has 3 aromatic carbocycles. The van der Waals surface area contributed by atoms with Crippen molar-refractivity contribution in [2.45, 2.75) is 26.7 Å². The van der Waals surface area contributed by atoms with E-state index in [1.54, 1.807) is 26.8 Å². The van der Waals surface area contributed by atoms with Crippen molar-refractivity contribution in [1.82, 2.24) is 5.32 Å². The number of carbonyl (C=O) groups excluding carboxylic acids is 2. The highest BCUT2D eigenvalue weighted by Gasteiger charge is 2.29. The zero-order valence-corrected chi connectivity index (χ0v) is 19.9. The van der Waals surface area contributed by atoms with Gasteiger partial charge in [0.1, 0.15) is 6.61 Å². The number of aromatic carboxylic acids is 1. The summed E-state index contributed by atoms with van der Waals surface area (Å²) >= 11 is 0. The van der Waals surface area contributed by atoms with Gasteiger partial charge in [0.05, 0.1) is 11.5 Å². The first-order chi connectivity index (χ1) is 16.8. The zero-order chi connectivity index (χ0) is 25.1. The molecule has 1 unspecified atom stereocenters. The molecular weight excluding hydrogens is 444 g/mol. The van der Waals surface area contributed by atoms with E-state index < -0.39 is 18.0 Å². The fourth-order valence-electron chi connectivity index (χ4n) is 4.40. The lowest BCUT2D eigenvalue weighted by Gasteiger charge is -2.17. The smallest absolute Gasteiger partial charge is 0.407 e. The van der Waals surface area contributed by atoms with Crippen LogP contribution in [0.25, 0.3) is 11.1 Å². The zero-order valence-electron chi connectivity index (χ0n) is 19.9. The quantitative estimate of drug-likeness (QED) is 0.443. The van der Waals surface area contributed by atoms with Gasteiger partial charge in [0, 0.05) is 18.2 Å². The molecule has 0 heterocycles. The first kappa shape index (κ1) is 24.0. The Morgan fingerprint density at radius 1 is 0.971 bits per heavy atom. The van der Waals surface area contributed by atoms with Crippen molar-refractivity contribution < 1.29 is 24.2 Å². The van der Waals surface area contributed by atoms with Crippen LogP contribution in [-0.4, -0.2) is 36.2 Å². The molecule has 2 amide bonds. The molecule has 0 aromatic heterocycles. The summed E-state index contributed by atoms with van der Waals surface area (Å²) in [5.41, 5.74) is 6.53. The van der Waals surface area contributed by atoms with Crippen molar-refractivity contribution >= 4 is 23.7 Å². The van der Waals surface area contributed by atoms with Gasteiger partial charge in [-0.3, -0.25) is 4.79 Å². The molecule has 0 saturated carbocycles. The number of alkyl carbamates (subject to hydrolysis) is 1. The topological polar surface area (TPSA) is 105 Å². The Hall–Kier alpha value is -4.13. The van der Waals surface area contributed by atoms with Gasteiger partial charge in [0.2, 0.25) is 5.91 Å². The normalized spacial score (nSPS) is 12.9. The first-order valence-corrected chi connectivity index (χ1v) is 11.5. The lowest BCUT2D eigenvalue weighted by atomic mass is 9.98. The maximum absolute atomic E-state index is 12.6. The number of rotatable bonds is 7. The molecule has 1 aliphatic rings. The van der Waals surface area contributed by atoms with Crippen LogP contribution in [0.4, 0.5) is 10.5 Å². The van der Waals surface area contributed by atoms with Crippen LogP contribution < -0.4 is 10.6 Å². The monoisotopic (exact) mass is 472 g/mol. The van der Waals surface area contributed by atoms with Gasteiger partial charge in [0.15, 0.2) is 0 Å². The van der Waals surface area contributed by atoms with E-state index in [-0.39, 0.29) is 30.5 Å². The van der Waals surface area contributed by atoms with E-state index in [0.717, 1.165) is 27.8 Å². The van der Waals surface area contributed by atoms with Gasteiger partial charge < -0.3 is 20.5 Å². The van der Waals surface area contributed by atoms with Crippen molar-refractivity contribution in [3.63, 3.8) is 0 Å². The van der Waals surface area contributed by atoms with Crippen LogP contribution in [0.1, 0.15) is 45.5 Å². The van der Waals surface area contributed by atoms with Gasteiger partial charge in [-0.05, 0) is 59.4 Å². The number of hydrogen-bond donors (Lipinski definition) is 3. The second-order valence-electron chi connectivity index (χ2n) is 8.87. The number of hydrogen-bond acceptors (Lipinski definition) is 4. The Bertz CT molecular complexity index is 1250. The number of anilines is 1. The van der Waals surface area contributed by atoms with Crippen LogP contribution in [0.2, 0.25) is 0 Å². The third-order valence-corrected chi connectivity index (χ3v) is 6.51. The van der Waals surface area contributed by atoms with E-state index in [2.05, 4.69) is 34.9 Å². The number of amides is 2. The predicted octanol–water partition coefficient (Wildman–Crippen LogP) is 5.11. The van der Waals surface area contributed by atoms with E-state index >= 15 is 0 Å². The average molecular weight is 473 g/mol. The van der Waals surface area contributed by atoms with Gasteiger partial charge >= 0.3 is 12.1 Å². The number of nitrogens with one attached hydrogen (secondary N) is 2. The van der Waals surface area contributed by atoms with Crippen molar-refractivity contribution in [3.8, 4) is 11.1 Å². The molecular formula is C28H28N2O5. The van der Waals surface area contributed by atoms with Crippen LogP contribution in [0.3, 0.4) is 0 Å². The van der Waals surface area contributed by atoms with E-state index in [1.165, 1.54) is 6.07 Å². The van der Waals surface area contributed by atoms with Crippen LogP contribution in [0.5, 0.6) is 0 Å². The van der Waals surface area contributed by atoms with E-state index in [4.69, 9.17) is 4.74 Å². The second-order valence-corrected chi connectivity index (χ2v) is 8.87. The summed E-state index contributed by atoms with van der Waals surface area (Å²) in [6, 6.07) is 19.4. The van der Waals surface area contributed by atoms with E-state index in [9.17, 15) is 19.5 Å². The van der Waals surface area contributed by atoms with Crippen LogP contribution in [-0.2, 0) is 9.53 Å². The standard InChI is InChI=1S/C28H28N2O5/c1-16-12-19(13-24(18(16)3)27(32)33)30-26(31)17(2)14-29-28(34)35-15-25-22-10-6-4-8-20(22)21-9-5-7-11-23(21)25/h4-13,17,25H,14-15H2,1-3H3,(H,29,34)(H,30,31)(H,32,33). The Labute approximate surface area is 204 Å². The molecule has 0 bridgehead atoms. The summed E-state index contributed by atoms with van der Waals surface area (Å²) in [6.07, 6.45) is -0.592. The number of ether oxygens (including phenoxy) is 1. The van der Waals surface area contributed by atoms with Crippen molar-refractivity contribution in [3.05, 3.63) is 88.5 Å². The molecule has 3 aromatic rings. The summed E-state index contributed by atoms with van der Waals surface area (Å²) in [5, 5.41) is 14.8. The third kappa shape index (κ3) is 5.04. The lowest BCUT2D eigenvalue weighted by Crippen LogP contribution is -2.35. The van der Waals surface area contributed by atoms with Crippen molar-refractivity contribution in [1.29, 1.82) is 0 Å². The number of benzene rings is 3. The SMILES string of the molecule is Cc1cc(NC(=O)C(C)CNC(=O)OCC2c3ccccc3-c3ccccc32)cc(C(=O)O)c1C. The maximum atomic E-state index is 12.6. The van der Waals surface area contributed by atoms with E-state index in [1.807, 2.05) is 24.3 Å². The maximum Gasteiger partial charge on any atom is 0.407 e. The Balaban J connectivity index is 1.32. The molecule has 7 heteroatoms. The second kappa shape index (κ2) is 10.0. The van der Waals surface area contributed by atoms with Crippen LogP contribution >= 0.6 is 0 Å². The summed E-state index contributed by atoms with van der Waals surface area (Å²) in [7, 11) is 0. The highest BCUT2D eigenvalue weighted by atomic mass is 16.5. The minimum atomic E-state index is -1.05. The lowest BCUT2D eigenvalue weighted by molar-refractivity contribution is -0.119. The summed E-state index contributed by atoms with van der Waals surface area (Å²) < 4.78 is 5.51. The van der Waals surface area contributed by atoms with Gasteiger partial charge in [-0.15, -0.1) is 0 Å². The average Bonchev–Trinajstić information content (AvgIpc) is 3.16. The fourth-order valence-corrected chi connectivity index (χ4v) is 4.40. The van der Waals surface area contributed by atoms with Crippen molar-refractivity contribution in [2.75, 3.05) is 18.5 Å². The molecule has 180 valence electrons. The van der Waals surface area contributed by atoms with E-state index in [0.29, 0.717) is 11.3 Å². The summed E-state index contributed by atoms with van der Waals surface area (Å²) in [5.74, 6) is -1.97. The van der Waals surface area contributed by atoms with Gasteiger partial charge in [-0.2, -0.15) is 0 Å². The Morgan fingerprint density at radius 2 is 1.57 bits per heavy atom. The largest absolute Gasteiger partial charge is 0.478 e. The summed E-state index contributed by atoms with van der Waals surface area (Å²) in [6.45, 7) is 5.48. The Morgan fingerprint density at radius 3 is 2.17 bits per heavy atom. The highest BCUT2D eigenvalue weighted by molar-refractivity contribution is 5.96. The molecule has 0 spiro atoms. The minimum absolute atomic E-state index is 0.0397. The molecule has 1 aliphatic carbocycles. The van der Waals surface area contributed by atoms with Crippen LogP contribution in [0, 0.1) is 19.8 Å². The molecule has 0 saturated heterocycles. The number of carbonyl (C=O) groups is 3. The van der Waals surface area contributed by atoms with Crippen molar-refractivity contribution in [2.24, 2.45) is 5.92 Å². The molecule has 7 nitrogen and oxygen atoms in total. The van der Waals surface area contributed by atoms with Gasteiger partial charge in [0.25, 0.3) is 0 Å². The van der Waals surface area contributed by atoms with Crippen LogP contribution in [0.15, 0.2) is 60.7 Å². The first-order valence-electron chi connectivity index (χ1n) is 11.5.